The lowest BCUT2D eigenvalue weighted by molar-refractivity contribution is -0.145. The van der Waals surface area contributed by atoms with Crippen molar-refractivity contribution in [3.63, 3.8) is 0 Å². The molecule has 0 saturated carbocycles. The van der Waals surface area contributed by atoms with Crippen LogP contribution in [0, 0.1) is 32.5 Å². The Balaban J connectivity index is 1.91. The molecule has 0 radical (unpaired) electrons. The van der Waals surface area contributed by atoms with Crippen LogP contribution in [0.4, 0.5) is 4.39 Å². The Morgan fingerprint density at radius 1 is 1.28 bits per heavy atom. The van der Waals surface area contributed by atoms with Crippen molar-refractivity contribution in [1.29, 1.82) is 0 Å². The first-order valence-electron chi connectivity index (χ1n) is 10.4. The molecule has 1 aromatic carbocycles. The molecule has 4 rings (SSSR count). The summed E-state index contributed by atoms with van der Waals surface area (Å²) in [6.45, 7) is 10.1. The molecule has 2 aromatic heterocycles. The summed E-state index contributed by atoms with van der Waals surface area (Å²) >= 11 is 7.57. The summed E-state index contributed by atoms with van der Waals surface area (Å²) in [7, 11) is 0. The van der Waals surface area contributed by atoms with Gasteiger partial charge in [-0.1, -0.05) is 25.4 Å². The van der Waals surface area contributed by atoms with Gasteiger partial charge in [-0.2, -0.15) is 0 Å². The molecular weight excluding hydrogens is 451 g/mol. The molecule has 3 aromatic rings. The number of carbonyl (C=O) groups excluding carboxylic acids is 1. The Bertz CT molecular complexity index is 1230. The monoisotopic (exact) mass is 474 g/mol. The second-order valence-corrected chi connectivity index (χ2v) is 9.94. The number of benzene rings is 1. The lowest BCUT2D eigenvalue weighted by atomic mass is 9.99. The molecule has 1 aliphatic rings. The lowest BCUT2D eigenvalue weighted by Crippen LogP contribution is -2.15. The van der Waals surface area contributed by atoms with Gasteiger partial charge in [-0.3, -0.25) is 14.4 Å². The minimum absolute atomic E-state index is 0.0173. The average Bonchev–Trinajstić information content (AvgIpc) is 3.19. The Morgan fingerprint density at radius 3 is 2.72 bits per heavy atom. The Kier molecular flexibility index (Phi) is 6.18. The topological polar surface area (TPSA) is 69.4 Å². The number of nitrogens with zero attached hydrogens (tertiary/aromatic N) is 4. The van der Waals surface area contributed by atoms with E-state index >= 15 is 4.39 Å². The van der Waals surface area contributed by atoms with E-state index < -0.39 is 11.9 Å². The number of aromatic nitrogens is 3. The number of aryl methyl sites for hydroxylation is 2. The van der Waals surface area contributed by atoms with E-state index in [1.165, 1.54) is 6.07 Å². The average molecular weight is 475 g/mol. The zero-order chi connectivity index (χ0) is 23.2. The normalized spacial score (nSPS) is 15.2. The molecule has 0 fully saturated rings. The van der Waals surface area contributed by atoms with Gasteiger partial charge in [0, 0.05) is 21.0 Å². The van der Waals surface area contributed by atoms with Gasteiger partial charge in [-0.15, -0.1) is 21.5 Å². The van der Waals surface area contributed by atoms with Crippen molar-refractivity contribution in [3.8, 4) is 5.00 Å². The summed E-state index contributed by atoms with van der Waals surface area (Å²) in [5.41, 5.74) is 2.62. The van der Waals surface area contributed by atoms with Gasteiger partial charge in [0.2, 0.25) is 0 Å². The van der Waals surface area contributed by atoms with E-state index in [0.717, 1.165) is 21.0 Å². The van der Waals surface area contributed by atoms with Crippen LogP contribution in [0.2, 0.25) is 5.02 Å². The van der Waals surface area contributed by atoms with Gasteiger partial charge in [-0.25, -0.2) is 4.39 Å². The second-order valence-electron chi connectivity index (χ2n) is 8.30. The number of hydrogen-bond acceptors (Lipinski definition) is 6. The maximum Gasteiger partial charge on any atom is 0.308 e. The van der Waals surface area contributed by atoms with E-state index in [-0.39, 0.29) is 18.3 Å². The van der Waals surface area contributed by atoms with Crippen LogP contribution in [-0.4, -0.2) is 33.1 Å². The SMILES string of the molecule is Cc1sc2c(c1C)C(c1ccc(Cl)cc1F)=NC(CC(=O)OCC(C)C)c1nnc(C)n1-2. The van der Waals surface area contributed by atoms with E-state index in [2.05, 4.69) is 10.2 Å². The second kappa shape index (κ2) is 8.75. The van der Waals surface area contributed by atoms with Crippen molar-refractivity contribution in [3.05, 3.63) is 62.3 Å². The first kappa shape index (κ1) is 22.6. The summed E-state index contributed by atoms with van der Waals surface area (Å²) < 4.78 is 22.4. The van der Waals surface area contributed by atoms with Gasteiger partial charge in [-0.05, 0) is 50.5 Å². The van der Waals surface area contributed by atoms with Crippen LogP contribution in [-0.2, 0) is 9.53 Å². The number of aliphatic imine (C=N–C) groups is 1. The fraction of sp³-hybridized carbons (Fsp3) is 0.391. The smallest absolute Gasteiger partial charge is 0.308 e. The van der Waals surface area contributed by atoms with E-state index in [1.807, 2.05) is 39.2 Å². The first-order chi connectivity index (χ1) is 15.2. The number of esters is 1. The fourth-order valence-electron chi connectivity index (χ4n) is 3.67. The maximum absolute atomic E-state index is 15.0. The lowest BCUT2D eigenvalue weighted by Gasteiger charge is -2.13. The number of hydrogen-bond donors (Lipinski definition) is 0. The number of ether oxygens (including phenoxy) is 1. The number of halogens is 2. The third-order valence-corrected chi connectivity index (χ3v) is 6.79. The highest BCUT2D eigenvalue weighted by Gasteiger charge is 2.33. The first-order valence-corrected chi connectivity index (χ1v) is 11.6. The van der Waals surface area contributed by atoms with Crippen LogP contribution in [0.25, 0.3) is 5.00 Å². The van der Waals surface area contributed by atoms with Crippen LogP contribution in [0.5, 0.6) is 0 Å². The molecule has 3 heterocycles. The molecular formula is C23H24ClFN4O2S. The van der Waals surface area contributed by atoms with Crippen LogP contribution in [0.15, 0.2) is 23.2 Å². The number of rotatable bonds is 5. The molecule has 0 spiro atoms. The standard InChI is InChI=1S/C23H24ClFN4O2S/c1-11(2)10-31-19(30)9-18-22-28-27-14(5)29(22)23-20(12(3)13(4)32-23)21(26-18)16-7-6-15(24)8-17(16)25/h6-8,11,18H,9-10H2,1-5H3. The summed E-state index contributed by atoms with van der Waals surface area (Å²) in [4.78, 5) is 18.6. The predicted molar refractivity (Wildman–Crippen MR) is 124 cm³/mol. The number of thiophene rings is 1. The quantitative estimate of drug-likeness (QED) is 0.456. The van der Waals surface area contributed by atoms with Crippen LogP contribution in [0.1, 0.15) is 59.5 Å². The highest BCUT2D eigenvalue weighted by molar-refractivity contribution is 7.15. The van der Waals surface area contributed by atoms with Crippen LogP contribution in [0.3, 0.4) is 0 Å². The molecule has 0 N–H and O–H groups in total. The van der Waals surface area contributed by atoms with E-state index in [0.29, 0.717) is 34.6 Å². The third kappa shape index (κ3) is 4.09. The van der Waals surface area contributed by atoms with Crippen molar-refractivity contribution in [2.45, 2.75) is 47.1 Å². The Morgan fingerprint density at radius 2 is 2.03 bits per heavy atom. The molecule has 0 amide bonds. The highest BCUT2D eigenvalue weighted by atomic mass is 35.5. The van der Waals surface area contributed by atoms with Crippen molar-refractivity contribution in [2.75, 3.05) is 6.61 Å². The molecule has 1 aliphatic heterocycles. The van der Waals surface area contributed by atoms with Gasteiger partial charge in [0.25, 0.3) is 0 Å². The predicted octanol–water partition coefficient (Wildman–Crippen LogP) is 5.53. The molecule has 9 heteroatoms. The van der Waals surface area contributed by atoms with Crippen molar-refractivity contribution in [1.82, 2.24) is 14.8 Å². The van der Waals surface area contributed by atoms with E-state index in [9.17, 15) is 4.79 Å². The number of fused-ring (bicyclic) bond motifs is 3. The highest BCUT2D eigenvalue weighted by Crippen LogP contribution is 2.40. The molecule has 1 atom stereocenters. The Labute approximate surface area is 195 Å². The van der Waals surface area contributed by atoms with Crippen LogP contribution >= 0.6 is 22.9 Å². The Hall–Kier alpha value is -2.58. The summed E-state index contributed by atoms with van der Waals surface area (Å²) in [6.07, 6.45) is -0.0173. The van der Waals surface area contributed by atoms with E-state index in [4.69, 9.17) is 21.3 Å². The zero-order valence-electron chi connectivity index (χ0n) is 18.6. The molecule has 0 saturated heterocycles. The summed E-state index contributed by atoms with van der Waals surface area (Å²) in [6, 6.07) is 3.87. The van der Waals surface area contributed by atoms with Gasteiger partial charge in [0.05, 0.1) is 18.7 Å². The number of carbonyl (C=O) groups is 1. The van der Waals surface area contributed by atoms with Crippen molar-refractivity contribution < 1.29 is 13.9 Å². The van der Waals surface area contributed by atoms with E-state index in [1.54, 1.807) is 23.5 Å². The van der Waals surface area contributed by atoms with Crippen molar-refractivity contribution >= 4 is 34.6 Å². The summed E-state index contributed by atoms with van der Waals surface area (Å²) in [5, 5.41) is 9.75. The molecule has 0 aliphatic carbocycles. The third-order valence-electron chi connectivity index (χ3n) is 5.36. The maximum atomic E-state index is 15.0. The largest absolute Gasteiger partial charge is 0.465 e. The zero-order valence-corrected chi connectivity index (χ0v) is 20.1. The van der Waals surface area contributed by atoms with Crippen molar-refractivity contribution in [2.24, 2.45) is 10.9 Å². The molecule has 0 bridgehead atoms. The van der Waals surface area contributed by atoms with Gasteiger partial charge < -0.3 is 4.74 Å². The van der Waals surface area contributed by atoms with Gasteiger partial charge in [0.1, 0.15) is 22.7 Å². The van der Waals surface area contributed by atoms with Crippen LogP contribution < -0.4 is 0 Å². The molecule has 168 valence electrons. The minimum atomic E-state index is -0.666. The molecule has 1 unspecified atom stereocenters. The summed E-state index contributed by atoms with van der Waals surface area (Å²) in [5.74, 6) is 0.584. The molecule has 6 nitrogen and oxygen atoms in total. The van der Waals surface area contributed by atoms with Gasteiger partial charge in [0.15, 0.2) is 5.82 Å². The minimum Gasteiger partial charge on any atom is -0.465 e. The fourth-order valence-corrected chi connectivity index (χ4v) is 5.04. The molecule has 32 heavy (non-hydrogen) atoms. The van der Waals surface area contributed by atoms with Gasteiger partial charge >= 0.3 is 5.97 Å².